The zero-order valence-electron chi connectivity index (χ0n) is 87.4. The number of carbonyl (C=O) groups is 4. The van der Waals surface area contributed by atoms with Crippen LogP contribution in [0.15, 0.2) is 147 Å². The number of aliphatic hydroxyl groups is 1. The average Bonchev–Trinajstić information content (AvgIpc) is 1.74. The van der Waals surface area contributed by atoms with Crippen molar-refractivity contribution in [3.05, 3.63) is 202 Å². The summed E-state index contributed by atoms with van der Waals surface area (Å²) in [5, 5.41) is 16.3. The molecule has 5 heterocycles. The lowest BCUT2D eigenvalue weighted by Gasteiger charge is -2.45. The molecule has 5 aromatic carbocycles. The molecule has 743 valence electrons. The number of amides is 1. The zero-order valence-corrected chi connectivity index (χ0v) is 89.8. The van der Waals surface area contributed by atoms with Crippen molar-refractivity contribution in [2.24, 2.45) is 44.8 Å². The molecule has 5 aliphatic heterocycles. The van der Waals surface area contributed by atoms with E-state index < -0.39 is 0 Å². The van der Waals surface area contributed by atoms with Crippen LogP contribution in [0.1, 0.15) is 415 Å². The topological polar surface area (TPSA) is 156 Å². The molecule has 5 fully saturated rings. The van der Waals surface area contributed by atoms with Gasteiger partial charge in [0, 0.05) is 63.5 Å². The van der Waals surface area contributed by atoms with Crippen molar-refractivity contribution >= 4 is 66.4 Å². The normalized spacial score (nSPS) is 23.2. The summed E-state index contributed by atoms with van der Waals surface area (Å²) in [5.74, 6) is 2.89. The second-order valence-electron chi connectivity index (χ2n) is 46.9. The lowest BCUT2D eigenvalue weighted by Crippen LogP contribution is -2.52. The van der Waals surface area contributed by atoms with Crippen LogP contribution in [-0.4, -0.2) is 120 Å². The van der Waals surface area contributed by atoms with E-state index in [1.807, 2.05) is 91.0 Å². The predicted molar refractivity (Wildman–Crippen MR) is 568 cm³/mol. The van der Waals surface area contributed by atoms with Crippen molar-refractivity contribution in [3.63, 3.8) is 0 Å². The first-order valence-corrected chi connectivity index (χ1v) is 53.3. The highest BCUT2D eigenvalue weighted by Crippen LogP contribution is 2.50. The first-order valence-electron chi connectivity index (χ1n) is 52.4. The molecule has 15 rings (SSSR count). The average molecular weight is 1920 g/mol. The molecule has 134 heavy (non-hydrogen) atoms. The molecule has 0 spiro atoms. The Bertz CT molecular complexity index is 4360. The fourth-order valence-corrected chi connectivity index (χ4v) is 22.7. The molecule has 7 atom stereocenters. The summed E-state index contributed by atoms with van der Waals surface area (Å²) in [4.78, 5) is 57.6. The Morgan fingerprint density at radius 2 is 0.828 bits per heavy atom. The number of unbranched alkanes of at least 4 members (excludes halogenated alkanes) is 1. The molecule has 1 amide bonds. The smallest absolute Gasteiger partial charge is 0.405 e. The van der Waals surface area contributed by atoms with E-state index >= 15 is 0 Å². The fraction of sp³-hybridized carbons (Fsp3) is 0.675. The van der Waals surface area contributed by atoms with Gasteiger partial charge in [0.1, 0.15) is 11.6 Å². The molecule has 0 aromatic heterocycles. The van der Waals surface area contributed by atoms with E-state index in [-0.39, 0.29) is 86.6 Å². The summed E-state index contributed by atoms with van der Waals surface area (Å²) in [6, 6.07) is 44.3. The summed E-state index contributed by atoms with van der Waals surface area (Å²) >= 11 is 3.74. The highest BCUT2D eigenvalue weighted by atomic mass is 79.9. The maximum absolute atomic E-state index is 13.9. The quantitative estimate of drug-likeness (QED) is 0.0210. The summed E-state index contributed by atoms with van der Waals surface area (Å²) in [6.07, 6.45) is 43.3. The second-order valence-corrected chi connectivity index (χ2v) is 48.0. The zero-order chi connectivity index (χ0) is 97.1. The standard InChI is InChI=1S/C34H56BNO3.C28H43NO.C16H30N2O.C11H13Br.C11H14O.C11H12O.C6H12BO2.ClH/c1-31(2,3)25-30(37)34(8,21-13-14-22-35-38-32(4,5)33(6,7)39-35)27-19-23-36(24-20-27)29-18-12-10-16-26-15-9-11-17-28(26)29;1-6-7-18-28(5,26(30)21-27(2,3)4)23-16-19-29(20-17-23)25-15-11-9-13-22-12-8-10-14-24(22)25;1-6-7-10-16(5,13-8-11-17-12-9-13)14(19)18-15(2,3)4;3*12-11-8-4-2-6-9-5-1-3-7-10(9)11;1-5(2)6(3,4)9-7-8-5;/h9,11,15,17,27,29H,10,12-14,16,18-25H2,1-8H3;6,8,10,12,14,23,25H,1,7,9,11,13,15-21H2,2-5H3;6,13,17H,1,7-12H2,2-5H3,(H,18,19);1,3,5,7,11H,2,4,6,8H2;1,3,5,7,11-12H,2,4,6,8H2;1,3,5,7H,2,4,6,8H2;1-4H3;1H. The first-order chi connectivity index (χ1) is 62.8. The molecule has 10 aliphatic rings. The van der Waals surface area contributed by atoms with Gasteiger partial charge in [0.05, 0.1) is 28.5 Å². The van der Waals surface area contributed by atoms with Crippen LogP contribution in [0.2, 0.25) is 6.32 Å². The number of ketones is 3. The molecule has 5 aromatic rings. The monoisotopic (exact) mass is 1920 g/mol. The summed E-state index contributed by atoms with van der Waals surface area (Å²) < 4.78 is 22.9. The van der Waals surface area contributed by atoms with Crippen LogP contribution in [0.5, 0.6) is 0 Å². The van der Waals surface area contributed by atoms with Gasteiger partial charge in [-0.15, -0.1) is 25.6 Å². The van der Waals surface area contributed by atoms with E-state index in [0.717, 1.165) is 185 Å². The fourth-order valence-electron chi connectivity index (χ4n) is 21.9. The van der Waals surface area contributed by atoms with Gasteiger partial charge in [0.15, 0.2) is 5.78 Å². The second kappa shape index (κ2) is 52.4. The number of benzene rings is 5. The lowest BCUT2D eigenvalue weighted by molar-refractivity contribution is -0.136. The number of hydrogen-bond acceptors (Lipinski definition) is 12. The third-order valence-electron chi connectivity index (χ3n) is 31.9. The van der Waals surface area contributed by atoms with Crippen LogP contribution >= 0.6 is 28.3 Å². The molecular weight excluding hydrogens is 1740 g/mol. The summed E-state index contributed by atoms with van der Waals surface area (Å²) in [6.45, 7) is 56.7. The van der Waals surface area contributed by atoms with Crippen LogP contribution in [0.3, 0.4) is 0 Å². The lowest BCUT2D eigenvalue weighted by atomic mass is 9.64. The number of allylic oxidation sites excluding steroid dienone is 2. The maximum atomic E-state index is 13.9. The van der Waals surface area contributed by atoms with Gasteiger partial charge >= 0.3 is 14.8 Å². The number of nitrogens with zero attached hydrogens (tertiary/aromatic N) is 2. The number of likely N-dealkylation sites (tertiary alicyclic amines) is 2. The van der Waals surface area contributed by atoms with Crippen LogP contribution < -0.4 is 10.6 Å². The Morgan fingerprint density at radius 3 is 1.27 bits per heavy atom. The maximum Gasteiger partial charge on any atom is 0.488 e. The minimum absolute atomic E-state index is 0. The minimum Gasteiger partial charge on any atom is -0.405 e. The van der Waals surface area contributed by atoms with E-state index in [1.54, 1.807) is 22.3 Å². The summed E-state index contributed by atoms with van der Waals surface area (Å²) in [5.41, 5.74) is 12.2. The number of nitrogens with one attached hydrogen (secondary N) is 2. The molecule has 13 nitrogen and oxygen atoms in total. The number of piperidine rings is 3. The van der Waals surface area contributed by atoms with Gasteiger partial charge in [-0.3, -0.25) is 29.0 Å². The Kier molecular flexibility index (Phi) is 44.5. The van der Waals surface area contributed by atoms with Crippen molar-refractivity contribution in [1.29, 1.82) is 0 Å². The van der Waals surface area contributed by atoms with Crippen LogP contribution in [0.4, 0.5) is 0 Å². The van der Waals surface area contributed by atoms with Gasteiger partial charge in [-0.2, -0.15) is 0 Å². The van der Waals surface area contributed by atoms with Gasteiger partial charge < -0.3 is 34.4 Å². The van der Waals surface area contributed by atoms with Crippen LogP contribution in [0, 0.1) is 44.8 Å². The predicted octanol–water partition coefficient (Wildman–Crippen LogP) is 28.9. The van der Waals surface area contributed by atoms with E-state index in [1.165, 1.54) is 113 Å². The number of aryl methyl sites for hydroxylation is 5. The summed E-state index contributed by atoms with van der Waals surface area (Å²) in [7, 11) is 1.28. The molecule has 1 radical (unpaired) electrons. The van der Waals surface area contributed by atoms with Gasteiger partial charge in [-0.25, -0.2) is 0 Å². The highest BCUT2D eigenvalue weighted by Gasteiger charge is 2.52. The number of carbonyl (C=O) groups excluding carboxylic acids is 4. The minimum atomic E-state index is -0.277. The van der Waals surface area contributed by atoms with Gasteiger partial charge in [0.25, 0.3) is 0 Å². The van der Waals surface area contributed by atoms with E-state index in [0.29, 0.717) is 64.9 Å². The molecule has 0 bridgehead atoms. The van der Waals surface area contributed by atoms with Crippen molar-refractivity contribution in [2.45, 2.75) is 420 Å². The van der Waals surface area contributed by atoms with Crippen molar-refractivity contribution in [3.8, 4) is 0 Å². The first kappa shape index (κ1) is 114. The van der Waals surface area contributed by atoms with Crippen molar-refractivity contribution < 1.29 is 42.9 Å². The molecule has 5 aliphatic carbocycles. The number of fused-ring (bicyclic) bond motifs is 5. The van der Waals surface area contributed by atoms with Crippen LogP contribution in [-0.2, 0) is 65.1 Å². The Balaban J connectivity index is 0.000000205. The number of Topliss-reactive ketones (excluding diaryl/α,β-unsaturated/α-hetero) is 3. The highest BCUT2D eigenvalue weighted by molar-refractivity contribution is 9.09. The molecule has 7 unspecified atom stereocenters. The van der Waals surface area contributed by atoms with Crippen molar-refractivity contribution in [1.82, 2.24) is 20.4 Å². The van der Waals surface area contributed by atoms with E-state index in [4.69, 9.17) is 18.6 Å². The van der Waals surface area contributed by atoms with Crippen LogP contribution in [0.25, 0.3) is 0 Å². The van der Waals surface area contributed by atoms with Crippen molar-refractivity contribution in [2.75, 3.05) is 39.3 Å². The Labute approximate surface area is 830 Å². The number of halogens is 2. The molecule has 0 saturated carbocycles. The largest absolute Gasteiger partial charge is 0.488 e. The molecule has 5 saturated heterocycles. The Morgan fingerprint density at radius 1 is 0.463 bits per heavy atom. The third kappa shape index (κ3) is 33.1. The number of alkyl halides is 1. The third-order valence-corrected chi connectivity index (χ3v) is 32.9. The van der Waals surface area contributed by atoms with Gasteiger partial charge in [-0.1, -0.05) is 250 Å². The number of rotatable bonds is 21. The van der Waals surface area contributed by atoms with E-state index in [9.17, 15) is 24.3 Å². The number of hydrogen-bond donors (Lipinski definition) is 3. The van der Waals surface area contributed by atoms with Gasteiger partial charge in [-0.05, 0) is 367 Å². The molecule has 3 N–H and O–H groups in total. The molecule has 17 heteroatoms. The van der Waals surface area contributed by atoms with Gasteiger partial charge in [0.2, 0.25) is 5.91 Å². The molecular formula is C117H181B2BrClN4O9. The van der Waals surface area contributed by atoms with E-state index in [2.05, 4.69) is 231 Å². The number of aliphatic hydroxyl groups excluding tert-OH is 1. The Hall–Kier alpha value is -5.36. The SMILES string of the molecule is BrC1CCCCc2ccccc21.C=CCCC(C)(C(=O)CC(C)(C)C)C1CCN(C2CCCCc3ccccc32)CC1.C=CCCC(C)(C(=O)NC(C)(C)C)C1CCNCC1.CC(C)(C)CC(=O)C(C)(CCCCB1OC(C)(C)C(C)(C)O1)C1CCN(C2CCCCc3ccccc32)CC1.CC1(C)O[B]OC1(C)C.Cl.O=C1CCCCc2ccccc21.OC1CCCCc2ccccc21.